The highest BCUT2D eigenvalue weighted by Gasteiger charge is 2.27. The molecule has 27 heteroatoms. The number of hydrogen-bond acceptors (Lipinski definition) is 16. The predicted octanol–water partition coefficient (Wildman–Crippen LogP) is -0.326. The summed E-state index contributed by atoms with van der Waals surface area (Å²) in [7, 11) is 0. The van der Waals surface area contributed by atoms with Gasteiger partial charge in [-0.2, -0.15) is 0 Å². The number of carbonyl (C=O) groups excluding carboxylic acids is 5. The summed E-state index contributed by atoms with van der Waals surface area (Å²) in [5.74, 6) is -8.85. The minimum Gasteiger partial charge on any atom is -0.481 e. The number of unbranched alkanes of at least 4 members (excludes halogenated alkanes) is 5. The van der Waals surface area contributed by atoms with Crippen molar-refractivity contribution in [1.82, 2.24) is 46.2 Å². The molecule has 0 saturated carbocycles. The van der Waals surface area contributed by atoms with Gasteiger partial charge < -0.3 is 62.0 Å². The van der Waals surface area contributed by atoms with Crippen LogP contribution in [-0.4, -0.2) is 226 Å². The Morgan fingerprint density at radius 2 is 0.842 bits per heavy atom. The van der Waals surface area contributed by atoms with Crippen molar-refractivity contribution in [2.45, 2.75) is 115 Å². The average molecular weight is 1080 g/mol. The molecule has 2 rings (SSSR count). The van der Waals surface area contributed by atoms with E-state index in [1.165, 1.54) is 0 Å². The molecule has 27 nitrogen and oxygen atoms in total. The molecule has 11 N–H and O–H groups in total. The molecule has 1 aromatic rings. The van der Waals surface area contributed by atoms with Gasteiger partial charge in [-0.15, -0.1) is 0 Å². The Balaban J connectivity index is 1.80. The SMILES string of the molecule is O=C(O)CCC(NC(=O)NC(CCCCNC(=O)CCCCCCC(=O)NCCCCC(NC(=O)CN1CCN(CC(=O)O)CCN(CC(=O)O)CCN(CC(=O)O)CC1)C(=O)OCc1ccccc1)C(=O)O)C(=O)O. The molecule has 3 unspecified atom stereocenters. The third-order valence-electron chi connectivity index (χ3n) is 12.1. The fourth-order valence-electron chi connectivity index (χ4n) is 7.95. The van der Waals surface area contributed by atoms with Crippen LogP contribution < -0.4 is 26.6 Å². The number of benzene rings is 1. The molecule has 1 saturated heterocycles. The first-order valence-corrected chi connectivity index (χ1v) is 25.5. The molecule has 426 valence electrons. The zero-order chi connectivity index (χ0) is 56.3. The van der Waals surface area contributed by atoms with Crippen LogP contribution in [-0.2, 0) is 59.3 Å². The van der Waals surface area contributed by atoms with Crippen LogP contribution in [0.3, 0.4) is 0 Å². The van der Waals surface area contributed by atoms with Crippen molar-refractivity contribution in [1.29, 1.82) is 0 Å². The second-order valence-electron chi connectivity index (χ2n) is 18.4. The van der Waals surface area contributed by atoms with Gasteiger partial charge >= 0.3 is 47.8 Å². The maximum Gasteiger partial charge on any atom is 0.328 e. The topological polar surface area (TPSA) is 391 Å². The van der Waals surface area contributed by atoms with Gasteiger partial charge in [-0.05, 0) is 63.4 Å². The Morgan fingerprint density at radius 1 is 0.434 bits per heavy atom. The number of ether oxygens (including phenoxy) is 1. The quantitative estimate of drug-likeness (QED) is 0.0303. The van der Waals surface area contributed by atoms with Gasteiger partial charge in [0.05, 0.1) is 26.2 Å². The maximum absolute atomic E-state index is 13.6. The van der Waals surface area contributed by atoms with Crippen LogP contribution in [0.5, 0.6) is 0 Å². The molecule has 1 heterocycles. The van der Waals surface area contributed by atoms with Crippen LogP contribution in [0.4, 0.5) is 4.79 Å². The van der Waals surface area contributed by atoms with Gasteiger partial charge in [0.15, 0.2) is 0 Å². The second kappa shape index (κ2) is 37.7. The molecule has 1 fully saturated rings. The number of hydrogen-bond donors (Lipinski definition) is 11. The van der Waals surface area contributed by atoms with Crippen LogP contribution >= 0.6 is 0 Å². The van der Waals surface area contributed by atoms with Crippen LogP contribution in [0.15, 0.2) is 30.3 Å². The number of carboxylic acids is 6. The number of nitrogens with zero attached hydrogens (tertiary/aromatic N) is 4. The molecule has 0 bridgehead atoms. The first-order chi connectivity index (χ1) is 36.2. The Kier molecular flexibility index (Phi) is 32.3. The maximum atomic E-state index is 13.6. The first kappa shape index (κ1) is 65.1. The monoisotopic (exact) mass is 1080 g/mol. The lowest BCUT2D eigenvalue weighted by Crippen LogP contribution is -2.51. The summed E-state index contributed by atoms with van der Waals surface area (Å²) >= 11 is 0. The number of carboxylic acid groups (broad SMARTS) is 6. The van der Waals surface area contributed by atoms with Gasteiger partial charge in [-0.25, -0.2) is 19.2 Å². The van der Waals surface area contributed by atoms with E-state index in [0.29, 0.717) is 57.9 Å². The van der Waals surface area contributed by atoms with Crippen molar-refractivity contribution in [3.63, 3.8) is 0 Å². The molecule has 76 heavy (non-hydrogen) atoms. The number of rotatable bonds is 36. The van der Waals surface area contributed by atoms with Gasteiger partial charge in [-0.1, -0.05) is 43.2 Å². The molecule has 0 aromatic heterocycles. The lowest BCUT2D eigenvalue weighted by Gasteiger charge is -2.33. The first-order valence-electron chi connectivity index (χ1n) is 25.5. The molecular formula is C49H77N9O18. The highest BCUT2D eigenvalue weighted by molar-refractivity contribution is 5.87. The van der Waals surface area contributed by atoms with Gasteiger partial charge in [0.2, 0.25) is 17.7 Å². The van der Waals surface area contributed by atoms with Crippen molar-refractivity contribution in [3.05, 3.63) is 35.9 Å². The Morgan fingerprint density at radius 3 is 1.25 bits per heavy atom. The summed E-state index contributed by atoms with van der Waals surface area (Å²) < 4.78 is 5.59. The number of nitrogens with one attached hydrogen (secondary N) is 5. The van der Waals surface area contributed by atoms with Crippen LogP contribution in [0.2, 0.25) is 0 Å². The molecule has 1 aliphatic rings. The number of amides is 5. The highest BCUT2D eigenvalue weighted by atomic mass is 16.5. The van der Waals surface area contributed by atoms with E-state index in [-0.39, 0.29) is 136 Å². The minimum absolute atomic E-state index is 0.00424. The van der Waals surface area contributed by atoms with Crippen LogP contribution in [0.25, 0.3) is 0 Å². The Bertz CT molecular complexity index is 2000. The van der Waals surface area contributed by atoms with E-state index in [2.05, 4.69) is 26.6 Å². The zero-order valence-corrected chi connectivity index (χ0v) is 43.0. The summed E-state index contributed by atoms with van der Waals surface area (Å²) in [6, 6.07) is 4.01. The average Bonchev–Trinajstić information content (AvgIpc) is 3.34. The smallest absolute Gasteiger partial charge is 0.328 e. The summed E-state index contributed by atoms with van der Waals surface area (Å²) in [4.78, 5) is 139. The van der Waals surface area contributed by atoms with Gasteiger partial charge in [-0.3, -0.25) is 53.2 Å². The summed E-state index contributed by atoms with van der Waals surface area (Å²) in [5.41, 5.74) is 0.739. The molecule has 5 amide bonds. The largest absolute Gasteiger partial charge is 0.481 e. The molecule has 1 aromatic carbocycles. The number of urea groups is 1. The lowest BCUT2D eigenvalue weighted by molar-refractivity contribution is -0.149. The standard InChI is InChI=1S/C49H77N9O18/c59-39(50-20-10-8-14-36(46(70)71)53-49(75)54-37(47(72)73)18-19-42(62)63)16-6-1-2-7-17-40(60)51-21-11-9-15-38(48(74)76-34-35-12-4-3-5-13-35)52-41(61)30-55-22-24-56(31-43(64)65)26-28-58(33-45(68)69)29-27-57(25-23-55)32-44(66)67/h3-5,12-13,36-38H,1-2,6-11,14-34H2,(H,50,59)(H,51,60)(H,52,61)(H,62,63)(H,64,65)(H,66,67)(H,68,69)(H,70,71)(H,72,73)(H2,53,54,75). The second-order valence-corrected chi connectivity index (χ2v) is 18.4. The number of aliphatic carboxylic acids is 6. The van der Waals surface area contributed by atoms with Gasteiger partial charge in [0.1, 0.15) is 24.7 Å². The number of esters is 1. The predicted molar refractivity (Wildman–Crippen MR) is 270 cm³/mol. The van der Waals surface area contributed by atoms with Gasteiger partial charge in [0.25, 0.3) is 0 Å². The zero-order valence-electron chi connectivity index (χ0n) is 43.0. The van der Waals surface area contributed by atoms with Crippen LogP contribution in [0, 0.1) is 0 Å². The van der Waals surface area contributed by atoms with Gasteiger partial charge in [0, 0.05) is 84.7 Å². The summed E-state index contributed by atoms with van der Waals surface area (Å²) in [5, 5.41) is 68.6. The third-order valence-corrected chi connectivity index (χ3v) is 12.1. The Hall–Kier alpha value is -6.97. The molecular weight excluding hydrogens is 1000 g/mol. The molecule has 1 aliphatic heterocycles. The van der Waals surface area contributed by atoms with Crippen LogP contribution in [0.1, 0.15) is 95.5 Å². The van der Waals surface area contributed by atoms with Crippen molar-refractivity contribution in [3.8, 4) is 0 Å². The number of carbonyl (C=O) groups is 11. The van der Waals surface area contributed by atoms with E-state index in [4.69, 9.17) is 9.84 Å². The third kappa shape index (κ3) is 31.7. The normalized spacial score (nSPS) is 15.3. The fraction of sp³-hybridized carbons (Fsp3) is 0.653. The molecule has 3 atom stereocenters. The van der Waals surface area contributed by atoms with E-state index >= 15 is 0 Å². The van der Waals surface area contributed by atoms with Crippen molar-refractivity contribution < 1.29 is 88.1 Å². The van der Waals surface area contributed by atoms with Crippen molar-refractivity contribution >= 4 is 65.5 Å². The summed E-state index contributed by atoms with van der Waals surface area (Å²) in [6.45, 7) is 1.05. The Labute approximate surface area is 441 Å². The molecule has 0 spiro atoms. The van der Waals surface area contributed by atoms with E-state index < -0.39 is 78.3 Å². The minimum atomic E-state index is -1.52. The van der Waals surface area contributed by atoms with E-state index in [1.807, 2.05) is 6.07 Å². The van der Waals surface area contributed by atoms with E-state index in [1.54, 1.807) is 43.9 Å². The lowest BCUT2D eigenvalue weighted by atomic mass is 10.1. The summed E-state index contributed by atoms with van der Waals surface area (Å²) in [6.07, 6.45) is 3.97. The van der Waals surface area contributed by atoms with E-state index in [9.17, 15) is 78.3 Å². The highest BCUT2D eigenvalue weighted by Crippen LogP contribution is 2.10. The van der Waals surface area contributed by atoms with E-state index in [0.717, 1.165) is 5.56 Å². The van der Waals surface area contributed by atoms with Crippen molar-refractivity contribution in [2.75, 3.05) is 91.6 Å². The molecule has 0 radical (unpaired) electrons. The molecule has 0 aliphatic carbocycles. The van der Waals surface area contributed by atoms with Crippen molar-refractivity contribution in [2.24, 2.45) is 0 Å². The fourth-order valence-corrected chi connectivity index (χ4v) is 7.95.